The van der Waals surface area contributed by atoms with Crippen LogP contribution >= 0.6 is 23.1 Å². The van der Waals surface area contributed by atoms with Gasteiger partial charge in [0.2, 0.25) is 5.91 Å². The molecule has 0 bridgehead atoms. The molecule has 0 unspecified atom stereocenters. The van der Waals surface area contributed by atoms with Crippen LogP contribution in [0.15, 0.2) is 34.3 Å². The number of rotatable bonds is 6. The van der Waals surface area contributed by atoms with Crippen LogP contribution in [0, 0.1) is 6.92 Å². The first-order chi connectivity index (χ1) is 13.4. The number of hydrogen-bond acceptors (Lipinski definition) is 8. The lowest BCUT2D eigenvalue weighted by molar-refractivity contribution is -0.115. The molecule has 2 aromatic rings. The van der Waals surface area contributed by atoms with Crippen LogP contribution in [-0.4, -0.2) is 40.3 Å². The van der Waals surface area contributed by atoms with Crippen molar-refractivity contribution in [3.05, 3.63) is 39.7 Å². The molecule has 3 N–H and O–H groups in total. The number of hydrogen-bond donors (Lipinski definition) is 3. The van der Waals surface area contributed by atoms with E-state index in [4.69, 9.17) is 9.84 Å². The van der Waals surface area contributed by atoms with Crippen molar-refractivity contribution in [1.29, 1.82) is 0 Å². The third kappa shape index (κ3) is 5.18. The van der Waals surface area contributed by atoms with Crippen molar-refractivity contribution in [2.45, 2.75) is 13.8 Å². The second-order valence-corrected chi connectivity index (χ2v) is 7.84. The van der Waals surface area contributed by atoms with E-state index in [0.717, 1.165) is 10.4 Å². The van der Waals surface area contributed by atoms with Crippen LogP contribution in [0.2, 0.25) is 0 Å². The Morgan fingerprint density at radius 2 is 2.29 bits per heavy atom. The van der Waals surface area contributed by atoms with E-state index < -0.39 is 0 Å². The van der Waals surface area contributed by atoms with Crippen molar-refractivity contribution < 1.29 is 19.4 Å². The summed E-state index contributed by atoms with van der Waals surface area (Å²) in [5.41, 5.74) is 1.60. The molecule has 1 aromatic carbocycles. The maximum absolute atomic E-state index is 12.2. The van der Waals surface area contributed by atoms with E-state index in [1.165, 1.54) is 30.0 Å². The van der Waals surface area contributed by atoms with Crippen LogP contribution < -0.4 is 15.4 Å². The van der Waals surface area contributed by atoms with E-state index in [1.807, 2.05) is 13.0 Å². The largest absolute Gasteiger partial charge is 0.491 e. The quantitative estimate of drug-likeness (QED) is 0.622. The minimum absolute atomic E-state index is 0.0487. The predicted octanol–water partition coefficient (Wildman–Crippen LogP) is 2.67. The Balaban J connectivity index is 1.73. The van der Waals surface area contributed by atoms with Crippen LogP contribution in [0.3, 0.4) is 0 Å². The molecule has 146 valence electrons. The molecule has 1 saturated heterocycles. The van der Waals surface area contributed by atoms with Crippen molar-refractivity contribution in [3.63, 3.8) is 0 Å². The van der Waals surface area contributed by atoms with Crippen molar-refractivity contribution in [3.8, 4) is 5.75 Å². The summed E-state index contributed by atoms with van der Waals surface area (Å²) in [4.78, 5) is 33.1. The number of amides is 2. The number of thioether (sulfide) groups is 1. The number of aromatic nitrogens is 1. The maximum atomic E-state index is 12.2. The Hall–Kier alpha value is -2.69. The summed E-state index contributed by atoms with van der Waals surface area (Å²) in [7, 11) is 0. The molecule has 0 radical (unpaired) electrons. The molecule has 0 saturated carbocycles. The zero-order valence-electron chi connectivity index (χ0n) is 15.2. The molecule has 1 aliphatic rings. The summed E-state index contributed by atoms with van der Waals surface area (Å²) in [6.07, 6.45) is 3.31. The lowest BCUT2D eigenvalue weighted by atomic mass is 10.2. The maximum Gasteiger partial charge on any atom is 0.264 e. The number of thiazole rings is 1. The van der Waals surface area contributed by atoms with E-state index in [9.17, 15) is 9.59 Å². The molecule has 0 aliphatic carbocycles. The Morgan fingerprint density at radius 3 is 3.00 bits per heavy atom. The first-order valence-corrected chi connectivity index (χ1v) is 9.95. The Morgan fingerprint density at radius 1 is 1.46 bits per heavy atom. The van der Waals surface area contributed by atoms with Crippen molar-refractivity contribution >= 4 is 57.0 Å². The van der Waals surface area contributed by atoms with Gasteiger partial charge in [-0.2, -0.15) is 0 Å². The molecule has 2 heterocycles. The zero-order chi connectivity index (χ0) is 20.1. The number of benzene rings is 1. The van der Waals surface area contributed by atoms with Gasteiger partial charge < -0.3 is 20.5 Å². The number of aryl methyl sites for hydroxylation is 1. The fourth-order valence-electron chi connectivity index (χ4n) is 2.29. The number of carbonyl (C=O) groups excluding carboxylic acids is 2. The Bertz CT molecular complexity index is 968. The van der Waals surface area contributed by atoms with Crippen molar-refractivity contribution in [2.24, 2.45) is 4.99 Å². The monoisotopic (exact) mass is 418 g/mol. The highest BCUT2D eigenvalue weighted by molar-refractivity contribution is 8.18. The second kappa shape index (κ2) is 9.00. The highest BCUT2D eigenvalue weighted by Crippen LogP contribution is 2.31. The molecule has 1 fully saturated rings. The SMILES string of the molecule is CC(=O)Nc1ncc(/C=C2\S/C(=N\c3ccc(OCCO)cc3C)NC2=O)s1. The average molecular weight is 419 g/mol. The lowest BCUT2D eigenvalue weighted by Crippen LogP contribution is -2.19. The topological polar surface area (TPSA) is 113 Å². The predicted molar refractivity (Wildman–Crippen MR) is 111 cm³/mol. The molecular formula is C18H18N4O4S2. The van der Waals surface area contributed by atoms with Crippen molar-refractivity contribution in [1.82, 2.24) is 10.3 Å². The van der Waals surface area contributed by atoms with Gasteiger partial charge in [0.1, 0.15) is 12.4 Å². The van der Waals surface area contributed by atoms with Crippen LogP contribution in [0.1, 0.15) is 17.4 Å². The normalized spacial score (nSPS) is 16.5. The van der Waals surface area contributed by atoms with Gasteiger partial charge in [-0.15, -0.1) is 0 Å². The number of aliphatic hydroxyl groups excluding tert-OH is 1. The van der Waals surface area contributed by atoms with Crippen LogP contribution in [0.4, 0.5) is 10.8 Å². The van der Waals surface area contributed by atoms with Crippen LogP contribution in [0.25, 0.3) is 6.08 Å². The molecule has 28 heavy (non-hydrogen) atoms. The van der Waals surface area contributed by atoms with E-state index >= 15 is 0 Å². The van der Waals surface area contributed by atoms with Gasteiger partial charge in [0, 0.05) is 13.1 Å². The number of amidine groups is 1. The molecule has 3 rings (SSSR count). The summed E-state index contributed by atoms with van der Waals surface area (Å²) in [6, 6.07) is 5.39. The number of carbonyl (C=O) groups is 2. The third-order valence-corrected chi connectivity index (χ3v) is 5.25. The third-order valence-electron chi connectivity index (χ3n) is 3.48. The Labute approximate surface area is 169 Å². The van der Waals surface area contributed by atoms with Gasteiger partial charge in [-0.25, -0.2) is 9.98 Å². The summed E-state index contributed by atoms with van der Waals surface area (Å²) in [6.45, 7) is 3.49. The highest BCUT2D eigenvalue weighted by atomic mass is 32.2. The number of aliphatic hydroxyl groups is 1. The first-order valence-electron chi connectivity index (χ1n) is 8.32. The molecule has 1 aromatic heterocycles. The fourth-order valence-corrected chi connectivity index (χ4v) is 3.99. The molecule has 0 atom stereocenters. The Kier molecular flexibility index (Phi) is 6.45. The average Bonchev–Trinajstić information content (AvgIpc) is 3.21. The minimum atomic E-state index is -0.237. The fraction of sp³-hybridized carbons (Fsp3) is 0.222. The van der Waals surface area contributed by atoms with Gasteiger partial charge in [-0.1, -0.05) is 11.3 Å². The van der Waals surface area contributed by atoms with Gasteiger partial charge in [-0.3, -0.25) is 9.59 Å². The number of anilines is 1. The van der Waals surface area contributed by atoms with E-state index in [2.05, 4.69) is 20.6 Å². The number of nitrogens with one attached hydrogen (secondary N) is 2. The number of nitrogens with zero attached hydrogens (tertiary/aromatic N) is 2. The van der Waals surface area contributed by atoms with E-state index in [1.54, 1.807) is 24.4 Å². The van der Waals surface area contributed by atoms with Gasteiger partial charge in [0.15, 0.2) is 10.3 Å². The van der Waals surface area contributed by atoms with Crippen LogP contribution in [-0.2, 0) is 9.59 Å². The summed E-state index contributed by atoms with van der Waals surface area (Å²) < 4.78 is 5.37. The molecule has 2 amide bonds. The summed E-state index contributed by atoms with van der Waals surface area (Å²) in [5, 5.41) is 15.1. The van der Waals surface area contributed by atoms with Gasteiger partial charge in [0.05, 0.1) is 22.1 Å². The standard InChI is InChI=1S/C18H18N4O4S2/c1-10-7-12(26-6-5-23)3-4-14(10)21-18-22-16(25)15(28-18)8-13-9-19-17(27-13)20-11(2)24/h3-4,7-9,23H,5-6H2,1-2H3,(H,19,20,24)(H,21,22,25)/b15-8-. The molecule has 10 heteroatoms. The van der Waals surface area contributed by atoms with E-state index in [-0.39, 0.29) is 25.0 Å². The van der Waals surface area contributed by atoms with Gasteiger partial charge in [-0.05, 0) is 48.5 Å². The zero-order valence-corrected chi connectivity index (χ0v) is 16.8. The van der Waals surface area contributed by atoms with Gasteiger partial charge in [0.25, 0.3) is 5.91 Å². The lowest BCUT2D eigenvalue weighted by Gasteiger charge is -2.07. The van der Waals surface area contributed by atoms with Gasteiger partial charge >= 0.3 is 0 Å². The number of ether oxygens (including phenoxy) is 1. The number of aliphatic imine (C=N–C) groups is 1. The van der Waals surface area contributed by atoms with Crippen molar-refractivity contribution in [2.75, 3.05) is 18.5 Å². The molecule has 8 nitrogen and oxygen atoms in total. The summed E-state index contributed by atoms with van der Waals surface area (Å²) >= 11 is 2.52. The molecule has 0 spiro atoms. The molecule has 1 aliphatic heterocycles. The molecular weight excluding hydrogens is 400 g/mol. The second-order valence-electron chi connectivity index (χ2n) is 5.75. The summed E-state index contributed by atoms with van der Waals surface area (Å²) in [5.74, 6) is 0.220. The first kappa shape index (κ1) is 20.1. The smallest absolute Gasteiger partial charge is 0.264 e. The van der Waals surface area contributed by atoms with E-state index in [0.29, 0.717) is 26.6 Å². The minimum Gasteiger partial charge on any atom is -0.491 e. The van der Waals surface area contributed by atoms with Crippen LogP contribution in [0.5, 0.6) is 5.75 Å². The highest BCUT2D eigenvalue weighted by Gasteiger charge is 2.24.